The van der Waals surface area contributed by atoms with E-state index in [1.807, 2.05) is 18.3 Å². The summed E-state index contributed by atoms with van der Waals surface area (Å²) in [4.78, 5) is 22.2. The van der Waals surface area contributed by atoms with Gasteiger partial charge in [-0.15, -0.1) is 0 Å². The molecule has 1 aliphatic carbocycles. The molecule has 0 spiro atoms. The van der Waals surface area contributed by atoms with Crippen LogP contribution in [0.5, 0.6) is 0 Å². The fourth-order valence-corrected chi connectivity index (χ4v) is 4.79. The number of carbonyl (C=O) groups excluding carboxylic acids is 1. The number of benzene rings is 1. The molecule has 11 nitrogen and oxygen atoms in total. The van der Waals surface area contributed by atoms with Crippen molar-refractivity contribution in [3.63, 3.8) is 0 Å². The number of fused-ring (bicyclic) bond motifs is 1. The minimum atomic E-state index is -3.56. The molecule has 37 heavy (non-hydrogen) atoms. The minimum absolute atomic E-state index is 0.143. The summed E-state index contributed by atoms with van der Waals surface area (Å²) in [5.74, 6) is 1.10. The summed E-state index contributed by atoms with van der Waals surface area (Å²) in [6.07, 6.45) is 8.95. The van der Waals surface area contributed by atoms with Crippen LogP contribution in [0.3, 0.4) is 0 Å². The highest BCUT2D eigenvalue weighted by atomic mass is 32.2. The Balaban J connectivity index is 1.38. The summed E-state index contributed by atoms with van der Waals surface area (Å²) in [6, 6.07) is 13.7. The maximum absolute atomic E-state index is 13.2. The summed E-state index contributed by atoms with van der Waals surface area (Å²) in [5.41, 5.74) is 3.14. The van der Waals surface area contributed by atoms with Crippen molar-refractivity contribution in [2.75, 3.05) is 12.4 Å². The number of aromatic nitrogens is 6. The molecule has 2 N–H and O–H groups in total. The molecule has 5 aromatic rings. The highest BCUT2D eigenvalue weighted by Crippen LogP contribution is 2.39. The zero-order valence-electron chi connectivity index (χ0n) is 19.7. The van der Waals surface area contributed by atoms with Gasteiger partial charge in [0.1, 0.15) is 11.4 Å². The van der Waals surface area contributed by atoms with Gasteiger partial charge in [0.15, 0.2) is 11.5 Å². The Morgan fingerprint density at radius 2 is 1.86 bits per heavy atom. The van der Waals surface area contributed by atoms with E-state index in [0.717, 1.165) is 0 Å². The maximum atomic E-state index is 13.2. The normalized spacial score (nSPS) is 13.6. The predicted octanol–water partition coefficient (Wildman–Crippen LogP) is 3.01. The second kappa shape index (κ2) is 8.91. The van der Waals surface area contributed by atoms with E-state index in [9.17, 15) is 13.2 Å². The van der Waals surface area contributed by atoms with E-state index in [0.29, 0.717) is 40.0 Å². The third kappa shape index (κ3) is 4.36. The molecule has 1 aliphatic rings. The highest BCUT2D eigenvalue weighted by Gasteiger charge is 2.24. The number of amides is 1. The van der Waals surface area contributed by atoms with E-state index in [1.165, 1.54) is 48.3 Å². The van der Waals surface area contributed by atoms with E-state index in [4.69, 9.17) is 0 Å². The number of carbonyl (C=O) groups is 1. The van der Waals surface area contributed by atoms with Crippen molar-refractivity contribution in [2.45, 2.75) is 23.7 Å². The Bertz CT molecular complexity index is 1720. The molecular weight excluding hydrogens is 492 g/mol. The van der Waals surface area contributed by atoms with Crippen LogP contribution in [0.4, 0.5) is 5.82 Å². The van der Waals surface area contributed by atoms with Gasteiger partial charge >= 0.3 is 0 Å². The summed E-state index contributed by atoms with van der Waals surface area (Å²) >= 11 is 0. The third-order valence-electron chi connectivity index (χ3n) is 6.24. The molecule has 6 rings (SSSR count). The molecule has 1 amide bonds. The lowest BCUT2D eigenvalue weighted by Gasteiger charge is -2.08. The van der Waals surface area contributed by atoms with Gasteiger partial charge in [-0.1, -0.05) is 18.2 Å². The molecule has 0 radical (unpaired) electrons. The molecule has 1 aromatic carbocycles. The number of nitrogens with one attached hydrogen (secondary N) is 2. The summed E-state index contributed by atoms with van der Waals surface area (Å²) in [7, 11) is -2.20. The van der Waals surface area contributed by atoms with Gasteiger partial charge in [0.2, 0.25) is 10.0 Å². The first-order chi connectivity index (χ1) is 17.9. The van der Waals surface area contributed by atoms with E-state index in [2.05, 4.69) is 30.2 Å². The fraction of sp³-hybridized carbons (Fsp3) is 0.160. The van der Waals surface area contributed by atoms with Crippen LogP contribution in [0.1, 0.15) is 34.7 Å². The van der Waals surface area contributed by atoms with Crippen molar-refractivity contribution in [1.82, 2.24) is 34.1 Å². The molecule has 0 saturated heterocycles. The van der Waals surface area contributed by atoms with Crippen molar-refractivity contribution in [2.24, 2.45) is 0 Å². The number of nitrogens with zero attached hydrogens (tertiary/aromatic N) is 6. The summed E-state index contributed by atoms with van der Waals surface area (Å²) in [6.45, 7) is 0. The Kier molecular flexibility index (Phi) is 5.54. The molecule has 1 saturated carbocycles. The minimum Gasteiger partial charge on any atom is -0.306 e. The quantitative estimate of drug-likeness (QED) is 0.341. The Labute approximate surface area is 212 Å². The van der Waals surface area contributed by atoms with Crippen molar-refractivity contribution in [3.8, 4) is 17.1 Å². The Hall–Kier alpha value is -4.42. The molecule has 0 bridgehead atoms. The van der Waals surface area contributed by atoms with Gasteiger partial charge in [0, 0.05) is 30.2 Å². The van der Waals surface area contributed by atoms with Gasteiger partial charge in [-0.2, -0.15) is 14.9 Å². The molecule has 186 valence electrons. The Morgan fingerprint density at radius 3 is 2.57 bits per heavy atom. The lowest BCUT2D eigenvalue weighted by molar-refractivity contribution is 0.102. The van der Waals surface area contributed by atoms with Crippen LogP contribution in [-0.2, 0) is 10.0 Å². The first kappa shape index (κ1) is 23.0. The Morgan fingerprint density at radius 1 is 1.05 bits per heavy atom. The first-order valence-corrected chi connectivity index (χ1v) is 13.1. The van der Waals surface area contributed by atoms with Crippen molar-refractivity contribution in [3.05, 3.63) is 84.4 Å². The van der Waals surface area contributed by atoms with Crippen LogP contribution in [-0.4, -0.2) is 50.7 Å². The van der Waals surface area contributed by atoms with E-state index in [1.54, 1.807) is 41.3 Å². The zero-order chi connectivity index (χ0) is 25.6. The maximum Gasteiger partial charge on any atom is 0.262 e. The van der Waals surface area contributed by atoms with E-state index < -0.39 is 15.9 Å². The number of anilines is 1. The number of hydrogen-bond acceptors (Lipinski definition) is 7. The third-order valence-corrected chi connectivity index (χ3v) is 7.67. The zero-order valence-corrected chi connectivity index (χ0v) is 20.6. The molecular formula is C25H22N8O3S. The van der Waals surface area contributed by atoms with Gasteiger partial charge in [0.25, 0.3) is 5.91 Å². The molecule has 1 fully saturated rings. The van der Waals surface area contributed by atoms with Crippen molar-refractivity contribution < 1.29 is 13.2 Å². The monoisotopic (exact) mass is 514 g/mol. The molecule has 0 unspecified atom stereocenters. The second-order valence-electron chi connectivity index (χ2n) is 8.68. The van der Waals surface area contributed by atoms with Gasteiger partial charge in [-0.3, -0.25) is 4.79 Å². The summed E-state index contributed by atoms with van der Waals surface area (Å²) in [5, 5.41) is 11.8. The van der Waals surface area contributed by atoms with Crippen molar-refractivity contribution >= 4 is 27.4 Å². The predicted molar refractivity (Wildman–Crippen MR) is 136 cm³/mol. The lowest BCUT2D eigenvalue weighted by Crippen LogP contribution is -2.18. The average molecular weight is 515 g/mol. The van der Waals surface area contributed by atoms with Crippen LogP contribution in [0.25, 0.3) is 22.7 Å². The van der Waals surface area contributed by atoms with Gasteiger partial charge in [-0.25, -0.2) is 27.6 Å². The fourth-order valence-electron chi connectivity index (χ4n) is 4.06. The number of hydrogen-bond donors (Lipinski definition) is 2. The molecule has 4 heterocycles. The largest absolute Gasteiger partial charge is 0.306 e. The lowest BCUT2D eigenvalue weighted by atomic mass is 10.1. The van der Waals surface area contributed by atoms with Crippen molar-refractivity contribution in [1.29, 1.82) is 0 Å². The van der Waals surface area contributed by atoms with Crippen LogP contribution in [0.2, 0.25) is 0 Å². The van der Waals surface area contributed by atoms with Gasteiger partial charge in [-0.05, 0) is 55.6 Å². The average Bonchev–Trinajstić information content (AvgIpc) is 3.55. The van der Waals surface area contributed by atoms with Crippen LogP contribution in [0.15, 0.2) is 78.2 Å². The first-order valence-electron chi connectivity index (χ1n) is 11.6. The van der Waals surface area contributed by atoms with Crippen LogP contribution >= 0.6 is 0 Å². The topological polar surface area (TPSA) is 136 Å². The number of rotatable bonds is 7. The number of pyridine rings is 1. The standard InChI is InChI=1S/C25H22N8O3S/c1-26-37(35,36)19-8-5-17(6-9-19)21-13-23(30-25(34)20-15-29-32-12-2-11-27-24(20)32)33(31-21)22-10-7-18(14-28-22)16-3-4-16/h2,5-16,26H,3-4H2,1H3,(H,30,34). The summed E-state index contributed by atoms with van der Waals surface area (Å²) < 4.78 is 29.6. The van der Waals surface area contributed by atoms with Crippen LogP contribution < -0.4 is 10.0 Å². The van der Waals surface area contributed by atoms with E-state index in [-0.39, 0.29) is 4.90 Å². The van der Waals surface area contributed by atoms with E-state index >= 15 is 0 Å². The SMILES string of the molecule is CNS(=O)(=O)c1ccc(-c2cc(NC(=O)c3cnn4cccnc34)n(-c3ccc(C4CC4)cn3)n2)cc1. The smallest absolute Gasteiger partial charge is 0.262 e. The second-order valence-corrected chi connectivity index (χ2v) is 10.6. The van der Waals surface area contributed by atoms with Gasteiger partial charge < -0.3 is 5.32 Å². The molecule has 0 atom stereocenters. The molecule has 12 heteroatoms. The number of sulfonamides is 1. The highest BCUT2D eigenvalue weighted by molar-refractivity contribution is 7.89. The molecule has 0 aliphatic heterocycles. The van der Waals surface area contributed by atoms with Crippen LogP contribution in [0, 0.1) is 0 Å². The molecule has 4 aromatic heterocycles. The van der Waals surface area contributed by atoms with Gasteiger partial charge in [0.05, 0.1) is 16.8 Å².